The first-order valence-electron chi connectivity index (χ1n) is 9.49. The minimum absolute atomic E-state index is 0.0448. The van der Waals surface area contributed by atoms with Crippen LogP contribution in [0.5, 0.6) is 0 Å². The Kier molecular flexibility index (Phi) is 8.62. The molecule has 2 aromatic carbocycles. The lowest BCUT2D eigenvalue weighted by atomic mass is 10.0. The molecule has 0 fully saturated rings. The smallest absolute Gasteiger partial charge is 0.240 e. The standard InChI is InChI=1S/C23H26ClN3O2/c1-16(2)19-9-7-18(8-10-19)13-17(3)15-25-27-23(29)12-11-22(28)26-21-6-4-5-20(24)14-21/h4-10,13-16H,11-12H2,1-3H3,(H,26,28)(H,27,29)/b17-13+,25-15+. The van der Waals surface area contributed by atoms with Gasteiger partial charge in [0.05, 0.1) is 6.21 Å². The Labute approximate surface area is 176 Å². The van der Waals surface area contributed by atoms with Gasteiger partial charge in [0.15, 0.2) is 0 Å². The Morgan fingerprint density at radius 2 is 1.76 bits per heavy atom. The number of allylic oxidation sites excluding steroid dienone is 1. The molecule has 0 aliphatic rings. The second kappa shape index (κ2) is 11.2. The maximum Gasteiger partial charge on any atom is 0.240 e. The molecule has 2 aromatic rings. The molecule has 2 rings (SSSR count). The molecule has 29 heavy (non-hydrogen) atoms. The monoisotopic (exact) mass is 411 g/mol. The third kappa shape index (κ3) is 8.32. The second-order valence-corrected chi connectivity index (χ2v) is 7.50. The lowest BCUT2D eigenvalue weighted by Crippen LogP contribution is -2.20. The van der Waals surface area contributed by atoms with Crippen molar-refractivity contribution < 1.29 is 9.59 Å². The number of rotatable bonds is 8. The van der Waals surface area contributed by atoms with E-state index in [1.54, 1.807) is 30.5 Å². The predicted octanol–water partition coefficient (Wildman–Crippen LogP) is 5.39. The minimum atomic E-state index is -0.323. The van der Waals surface area contributed by atoms with E-state index >= 15 is 0 Å². The summed E-state index contributed by atoms with van der Waals surface area (Å²) in [6.07, 6.45) is 3.67. The number of nitrogens with zero attached hydrogens (tertiary/aromatic N) is 1. The van der Waals surface area contributed by atoms with Gasteiger partial charge in [-0.1, -0.05) is 61.9 Å². The first kappa shape index (κ1) is 22.4. The summed E-state index contributed by atoms with van der Waals surface area (Å²) in [7, 11) is 0. The molecule has 152 valence electrons. The zero-order chi connectivity index (χ0) is 21.2. The van der Waals surface area contributed by atoms with Crippen molar-refractivity contribution in [3.63, 3.8) is 0 Å². The lowest BCUT2D eigenvalue weighted by Gasteiger charge is -2.05. The van der Waals surface area contributed by atoms with E-state index in [0.29, 0.717) is 16.6 Å². The maximum atomic E-state index is 11.9. The molecule has 5 nitrogen and oxygen atoms in total. The third-order valence-corrected chi connectivity index (χ3v) is 4.38. The Bertz CT molecular complexity index is 903. The Balaban J connectivity index is 1.75. The quantitative estimate of drug-likeness (QED) is 0.451. The first-order chi connectivity index (χ1) is 13.8. The van der Waals surface area contributed by atoms with Gasteiger partial charge in [-0.2, -0.15) is 5.10 Å². The molecule has 0 heterocycles. The first-order valence-corrected chi connectivity index (χ1v) is 9.87. The molecule has 0 spiro atoms. The summed E-state index contributed by atoms with van der Waals surface area (Å²) in [5.74, 6) is -0.0811. The summed E-state index contributed by atoms with van der Waals surface area (Å²) >= 11 is 5.87. The second-order valence-electron chi connectivity index (χ2n) is 7.06. The number of amides is 2. The SMILES string of the molecule is CC(/C=N/NC(=O)CCC(=O)Nc1cccc(Cl)c1)=C\c1ccc(C(C)C)cc1. The highest BCUT2D eigenvalue weighted by Gasteiger charge is 2.07. The van der Waals surface area contributed by atoms with Gasteiger partial charge < -0.3 is 5.32 Å². The molecule has 0 atom stereocenters. The van der Waals surface area contributed by atoms with E-state index in [2.05, 4.69) is 54.0 Å². The fourth-order valence-corrected chi connectivity index (χ4v) is 2.75. The minimum Gasteiger partial charge on any atom is -0.326 e. The van der Waals surface area contributed by atoms with Crippen LogP contribution in [-0.2, 0) is 9.59 Å². The van der Waals surface area contributed by atoms with Crippen LogP contribution in [0, 0.1) is 0 Å². The highest BCUT2D eigenvalue weighted by Crippen LogP contribution is 2.16. The summed E-state index contributed by atoms with van der Waals surface area (Å²) < 4.78 is 0. The van der Waals surface area contributed by atoms with Gasteiger partial charge in [0.1, 0.15) is 0 Å². The number of hydrazone groups is 1. The van der Waals surface area contributed by atoms with Crippen molar-refractivity contribution in [3.8, 4) is 0 Å². The van der Waals surface area contributed by atoms with E-state index in [1.165, 1.54) is 5.56 Å². The van der Waals surface area contributed by atoms with Gasteiger partial charge in [0.25, 0.3) is 0 Å². The average Bonchev–Trinajstić information content (AvgIpc) is 2.67. The zero-order valence-electron chi connectivity index (χ0n) is 16.9. The van der Waals surface area contributed by atoms with Gasteiger partial charge in [0, 0.05) is 23.6 Å². The van der Waals surface area contributed by atoms with Crippen molar-refractivity contribution in [2.45, 2.75) is 39.5 Å². The topological polar surface area (TPSA) is 70.6 Å². The Morgan fingerprint density at radius 1 is 1.07 bits per heavy atom. The highest BCUT2D eigenvalue weighted by atomic mass is 35.5. The number of nitrogens with one attached hydrogen (secondary N) is 2. The molecule has 0 aliphatic carbocycles. The zero-order valence-corrected chi connectivity index (χ0v) is 17.7. The lowest BCUT2D eigenvalue weighted by molar-refractivity contribution is -0.124. The molecule has 0 saturated heterocycles. The molecule has 0 bridgehead atoms. The van der Waals surface area contributed by atoms with E-state index in [4.69, 9.17) is 11.6 Å². The normalized spacial score (nSPS) is 11.7. The number of carbonyl (C=O) groups is 2. The van der Waals surface area contributed by atoms with Crippen molar-refractivity contribution >= 4 is 41.4 Å². The van der Waals surface area contributed by atoms with Crippen molar-refractivity contribution in [3.05, 3.63) is 70.3 Å². The Hall–Kier alpha value is -2.92. The average molecular weight is 412 g/mol. The number of hydrogen-bond acceptors (Lipinski definition) is 3. The van der Waals surface area contributed by atoms with Crippen LogP contribution in [-0.4, -0.2) is 18.0 Å². The van der Waals surface area contributed by atoms with Crippen molar-refractivity contribution in [1.82, 2.24) is 5.43 Å². The molecule has 2 amide bonds. The largest absolute Gasteiger partial charge is 0.326 e. The van der Waals surface area contributed by atoms with Crippen molar-refractivity contribution in [1.29, 1.82) is 0 Å². The van der Waals surface area contributed by atoms with Gasteiger partial charge in [-0.25, -0.2) is 5.43 Å². The fraction of sp³-hybridized carbons (Fsp3) is 0.261. The van der Waals surface area contributed by atoms with E-state index < -0.39 is 0 Å². The fourth-order valence-electron chi connectivity index (χ4n) is 2.56. The summed E-state index contributed by atoms with van der Waals surface area (Å²) in [4.78, 5) is 23.7. The number of hydrogen-bond donors (Lipinski definition) is 2. The van der Waals surface area contributed by atoms with Crippen LogP contribution in [0.1, 0.15) is 50.7 Å². The molecule has 0 aromatic heterocycles. The van der Waals surface area contributed by atoms with Crippen molar-refractivity contribution in [2.24, 2.45) is 5.10 Å². The molecule has 2 N–H and O–H groups in total. The number of anilines is 1. The molecule has 6 heteroatoms. The van der Waals surface area contributed by atoms with E-state index in [9.17, 15) is 9.59 Å². The molecule has 0 radical (unpaired) electrons. The molecule has 0 unspecified atom stereocenters. The Morgan fingerprint density at radius 3 is 2.41 bits per heavy atom. The van der Waals surface area contributed by atoms with Crippen LogP contribution in [0.25, 0.3) is 6.08 Å². The maximum absolute atomic E-state index is 11.9. The van der Waals surface area contributed by atoms with Crippen LogP contribution in [0.3, 0.4) is 0 Å². The van der Waals surface area contributed by atoms with Crippen molar-refractivity contribution in [2.75, 3.05) is 5.32 Å². The van der Waals surface area contributed by atoms with Crippen LogP contribution in [0.4, 0.5) is 5.69 Å². The molecule has 0 saturated carbocycles. The number of carbonyl (C=O) groups excluding carboxylic acids is 2. The summed E-state index contributed by atoms with van der Waals surface area (Å²) in [5.41, 5.74) is 6.31. The van der Waals surface area contributed by atoms with E-state index in [-0.39, 0.29) is 24.7 Å². The van der Waals surface area contributed by atoms with E-state index in [0.717, 1.165) is 11.1 Å². The van der Waals surface area contributed by atoms with Crippen LogP contribution < -0.4 is 10.7 Å². The molecular weight excluding hydrogens is 386 g/mol. The van der Waals surface area contributed by atoms with Gasteiger partial charge >= 0.3 is 0 Å². The summed E-state index contributed by atoms with van der Waals surface area (Å²) in [6.45, 7) is 6.23. The summed E-state index contributed by atoms with van der Waals surface area (Å²) in [6, 6.07) is 15.2. The van der Waals surface area contributed by atoms with Gasteiger partial charge in [-0.15, -0.1) is 0 Å². The predicted molar refractivity (Wildman–Crippen MR) is 120 cm³/mol. The molecular formula is C23H26ClN3O2. The highest BCUT2D eigenvalue weighted by molar-refractivity contribution is 6.30. The van der Waals surface area contributed by atoms with Gasteiger partial charge in [0.2, 0.25) is 11.8 Å². The van der Waals surface area contributed by atoms with Crippen LogP contribution in [0.15, 0.2) is 59.2 Å². The van der Waals surface area contributed by atoms with Crippen LogP contribution >= 0.6 is 11.6 Å². The number of benzene rings is 2. The van der Waals surface area contributed by atoms with Gasteiger partial charge in [-0.05, 0) is 47.7 Å². The third-order valence-electron chi connectivity index (χ3n) is 4.14. The van der Waals surface area contributed by atoms with E-state index in [1.807, 2.05) is 13.0 Å². The van der Waals surface area contributed by atoms with Gasteiger partial charge in [-0.3, -0.25) is 9.59 Å². The molecule has 0 aliphatic heterocycles. The van der Waals surface area contributed by atoms with Crippen LogP contribution in [0.2, 0.25) is 5.02 Å². The number of halogens is 1. The summed E-state index contributed by atoms with van der Waals surface area (Å²) in [5, 5.41) is 7.18.